The zero-order valence-electron chi connectivity index (χ0n) is 16.1. The van der Waals surface area contributed by atoms with Gasteiger partial charge in [0, 0.05) is 23.7 Å². The highest BCUT2D eigenvalue weighted by Crippen LogP contribution is 2.25. The maximum atomic E-state index is 12.7. The Balaban J connectivity index is 1.54. The molecule has 3 aromatic carbocycles. The van der Waals surface area contributed by atoms with Crippen molar-refractivity contribution in [3.63, 3.8) is 0 Å². The predicted molar refractivity (Wildman–Crippen MR) is 111 cm³/mol. The first-order valence-corrected chi connectivity index (χ1v) is 9.12. The van der Waals surface area contributed by atoms with Crippen molar-refractivity contribution in [2.24, 2.45) is 0 Å². The van der Waals surface area contributed by atoms with Gasteiger partial charge >= 0.3 is 0 Å². The highest BCUT2D eigenvalue weighted by Gasteiger charge is 2.12. The van der Waals surface area contributed by atoms with Crippen molar-refractivity contribution in [2.45, 2.75) is 6.42 Å². The van der Waals surface area contributed by atoms with Crippen LogP contribution in [0.1, 0.15) is 21.8 Å². The Morgan fingerprint density at radius 3 is 2.38 bits per heavy atom. The highest BCUT2D eigenvalue weighted by molar-refractivity contribution is 6.05. The van der Waals surface area contributed by atoms with Crippen molar-refractivity contribution >= 4 is 22.7 Å². The number of benzene rings is 3. The molecule has 0 saturated carbocycles. The number of amides is 1. The number of aromatic nitrogens is 1. The second-order valence-corrected chi connectivity index (χ2v) is 6.51. The van der Waals surface area contributed by atoms with Crippen LogP contribution in [0.3, 0.4) is 0 Å². The average molecular weight is 388 g/mol. The number of rotatable bonds is 6. The fourth-order valence-electron chi connectivity index (χ4n) is 3.04. The van der Waals surface area contributed by atoms with Gasteiger partial charge in [0.05, 0.1) is 14.2 Å². The standard InChI is InChI=1S/C23H20N2O4/c1-27-18-11-16(12-19(14-18)28-2)23(26)24-17-8-9-21-20(13-17)25-22(29-21)10-15-6-4-3-5-7-15/h3-9,11-14H,10H2,1-2H3,(H,24,26). The number of nitrogens with one attached hydrogen (secondary N) is 1. The molecule has 1 aromatic heterocycles. The summed E-state index contributed by atoms with van der Waals surface area (Å²) in [7, 11) is 3.09. The van der Waals surface area contributed by atoms with Crippen LogP contribution in [0.2, 0.25) is 0 Å². The van der Waals surface area contributed by atoms with Crippen molar-refractivity contribution in [1.29, 1.82) is 0 Å². The highest BCUT2D eigenvalue weighted by atomic mass is 16.5. The van der Waals surface area contributed by atoms with E-state index < -0.39 is 0 Å². The van der Waals surface area contributed by atoms with Gasteiger partial charge in [0.15, 0.2) is 11.5 Å². The summed E-state index contributed by atoms with van der Waals surface area (Å²) in [4.78, 5) is 17.2. The van der Waals surface area contributed by atoms with Gasteiger partial charge in [-0.3, -0.25) is 4.79 Å². The van der Waals surface area contributed by atoms with Gasteiger partial charge in [0.2, 0.25) is 0 Å². The zero-order chi connectivity index (χ0) is 20.2. The molecule has 0 aliphatic heterocycles. The molecule has 0 aliphatic rings. The van der Waals surface area contributed by atoms with Gasteiger partial charge in [-0.2, -0.15) is 0 Å². The number of hydrogen-bond acceptors (Lipinski definition) is 5. The monoisotopic (exact) mass is 388 g/mol. The SMILES string of the molecule is COc1cc(OC)cc(C(=O)Nc2ccc3oc(Cc4ccccc4)nc3c2)c1. The molecule has 6 nitrogen and oxygen atoms in total. The molecule has 0 aliphatic carbocycles. The Bertz CT molecular complexity index is 1130. The summed E-state index contributed by atoms with van der Waals surface area (Å²) < 4.78 is 16.3. The summed E-state index contributed by atoms with van der Waals surface area (Å²) in [6.07, 6.45) is 0.612. The molecular formula is C23H20N2O4. The largest absolute Gasteiger partial charge is 0.497 e. The zero-order valence-corrected chi connectivity index (χ0v) is 16.1. The molecule has 0 bridgehead atoms. The molecule has 0 spiro atoms. The third kappa shape index (κ3) is 4.21. The molecule has 0 atom stereocenters. The smallest absolute Gasteiger partial charge is 0.255 e. The topological polar surface area (TPSA) is 73.6 Å². The summed E-state index contributed by atoms with van der Waals surface area (Å²) >= 11 is 0. The fraction of sp³-hybridized carbons (Fsp3) is 0.130. The lowest BCUT2D eigenvalue weighted by Crippen LogP contribution is -2.12. The van der Waals surface area contributed by atoms with Crippen molar-refractivity contribution in [3.8, 4) is 11.5 Å². The van der Waals surface area contributed by atoms with Crippen LogP contribution in [-0.4, -0.2) is 25.1 Å². The minimum absolute atomic E-state index is 0.269. The van der Waals surface area contributed by atoms with E-state index in [4.69, 9.17) is 13.9 Å². The maximum absolute atomic E-state index is 12.7. The van der Waals surface area contributed by atoms with Crippen molar-refractivity contribution in [2.75, 3.05) is 19.5 Å². The van der Waals surface area contributed by atoms with Crippen LogP contribution in [0.25, 0.3) is 11.1 Å². The van der Waals surface area contributed by atoms with Crippen LogP contribution in [0.4, 0.5) is 5.69 Å². The number of nitrogens with zero attached hydrogens (tertiary/aromatic N) is 1. The third-order valence-corrected chi connectivity index (χ3v) is 4.50. The van der Waals surface area contributed by atoms with E-state index >= 15 is 0 Å². The Morgan fingerprint density at radius 2 is 1.69 bits per heavy atom. The van der Waals surface area contributed by atoms with Crippen LogP contribution in [0.5, 0.6) is 11.5 Å². The lowest BCUT2D eigenvalue weighted by atomic mass is 10.1. The molecule has 1 N–H and O–H groups in total. The van der Waals surface area contributed by atoms with E-state index in [-0.39, 0.29) is 5.91 Å². The molecular weight excluding hydrogens is 368 g/mol. The van der Waals surface area contributed by atoms with E-state index in [1.165, 1.54) is 0 Å². The molecule has 29 heavy (non-hydrogen) atoms. The number of methoxy groups -OCH3 is 2. The molecule has 1 amide bonds. The summed E-state index contributed by atoms with van der Waals surface area (Å²) in [5.74, 6) is 1.46. The lowest BCUT2D eigenvalue weighted by Gasteiger charge is -2.09. The number of hydrogen-bond donors (Lipinski definition) is 1. The number of ether oxygens (including phenoxy) is 2. The maximum Gasteiger partial charge on any atom is 0.255 e. The first-order chi connectivity index (χ1) is 14.1. The van der Waals surface area contributed by atoms with Crippen molar-refractivity contribution in [3.05, 3.63) is 83.7 Å². The van der Waals surface area contributed by atoms with Gasteiger partial charge in [-0.15, -0.1) is 0 Å². The van der Waals surface area contributed by atoms with Gasteiger partial charge in [0.1, 0.15) is 17.0 Å². The molecule has 0 radical (unpaired) electrons. The molecule has 4 aromatic rings. The number of fused-ring (bicyclic) bond motifs is 1. The minimum Gasteiger partial charge on any atom is -0.497 e. The van der Waals surface area contributed by atoms with Crippen LogP contribution >= 0.6 is 0 Å². The lowest BCUT2D eigenvalue weighted by molar-refractivity contribution is 0.102. The van der Waals surface area contributed by atoms with Crippen LogP contribution < -0.4 is 14.8 Å². The van der Waals surface area contributed by atoms with E-state index in [1.54, 1.807) is 50.6 Å². The summed E-state index contributed by atoms with van der Waals surface area (Å²) in [6.45, 7) is 0. The Kier molecular flexibility index (Phi) is 5.16. The normalized spacial score (nSPS) is 10.7. The van der Waals surface area contributed by atoms with Crippen LogP contribution in [0, 0.1) is 0 Å². The van der Waals surface area contributed by atoms with Crippen LogP contribution in [0.15, 0.2) is 71.1 Å². The number of anilines is 1. The molecule has 0 saturated heterocycles. The van der Waals surface area contributed by atoms with Crippen LogP contribution in [-0.2, 0) is 6.42 Å². The summed E-state index contributed by atoms with van der Waals surface area (Å²) in [5.41, 5.74) is 3.56. The fourth-order valence-corrected chi connectivity index (χ4v) is 3.04. The average Bonchev–Trinajstić information content (AvgIpc) is 3.15. The van der Waals surface area contributed by atoms with Gasteiger partial charge in [0.25, 0.3) is 5.91 Å². The number of oxazole rings is 1. The van der Waals surface area contributed by atoms with E-state index in [1.807, 2.05) is 30.3 Å². The van der Waals surface area contributed by atoms with E-state index in [9.17, 15) is 4.79 Å². The summed E-state index contributed by atoms with van der Waals surface area (Å²) in [6, 6.07) is 20.4. The van der Waals surface area contributed by atoms with Crippen molar-refractivity contribution < 1.29 is 18.7 Å². The van der Waals surface area contributed by atoms with E-state index in [0.717, 1.165) is 5.56 Å². The van der Waals surface area contributed by atoms with Gasteiger partial charge in [-0.25, -0.2) is 4.98 Å². The van der Waals surface area contributed by atoms with E-state index in [2.05, 4.69) is 10.3 Å². The van der Waals surface area contributed by atoms with E-state index in [0.29, 0.717) is 46.2 Å². The Labute approximate surface area is 168 Å². The molecule has 6 heteroatoms. The number of carbonyl (C=O) groups is 1. The van der Waals surface area contributed by atoms with Crippen molar-refractivity contribution in [1.82, 2.24) is 4.98 Å². The molecule has 0 fully saturated rings. The molecule has 1 heterocycles. The Morgan fingerprint density at radius 1 is 0.966 bits per heavy atom. The van der Waals surface area contributed by atoms with Gasteiger partial charge in [-0.1, -0.05) is 30.3 Å². The number of carbonyl (C=O) groups excluding carboxylic acids is 1. The molecule has 4 rings (SSSR count). The molecule has 146 valence electrons. The first kappa shape index (κ1) is 18.6. The summed E-state index contributed by atoms with van der Waals surface area (Å²) in [5, 5.41) is 2.88. The first-order valence-electron chi connectivity index (χ1n) is 9.12. The molecule has 0 unspecified atom stereocenters. The second kappa shape index (κ2) is 8.06. The third-order valence-electron chi connectivity index (χ3n) is 4.50. The van der Waals surface area contributed by atoms with Gasteiger partial charge < -0.3 is 19.2 Å². The second-order valence-electron chi connectivity index (χ2n) is 6.51. The predicted octanol–water partition coefficient (Wildman–Crippen LogP) is 4.69. The minimum atomic E-state index is -0.269. The van der Waals surface area contributed by atoms with Gasteiger partial charge in [-0.05, 0) is 35.9 Å². The quantitative estimate of drug-likeness (QED) is 0.519. The Hall–Kier alpha value is -3.80.